The zero-order chi connectivity index (χ0) is 17.3. The molecule has 126 valence electrons. The lowest BCUT2D eigenvalue weighted by Crippen LogP contribution is -2.27. The highest BCUT2D eigenvalue weighted by molar-refractivity contribution is 9.10. The van der Waals surface area contributed by atoms with Gasteiger partial charge in [0.1, 0.15) is 16.7 Å². The number of likely N-dealkylation sites (N-methyl/N-ethyl adjacent to an activating group) is 1. The maximum Gasteiger partial charge on any atom is 0.164 e. The van der Waals surface area contributed by atoms with Gasteiger partial charge in [-0.1, -0.05) is 23.7 Å². The zero-order valence-corrected chi connectivity index (χ0v) is 16.0. The first-order valence-electron chi connectivity index (χ1n) is 7.46. The highest BCUT2D eigenvalue weighted by Crippen LogP contribution is 2.28. The summed E-state index contributed by atoms with van der Waals surface area (Å²) in [6.07, 6.45) is 1.55. The molecule has 8 heteroatoms. The fourth-order valence-corrected chi connectivity index (χ4v) is 3.38. The Hall–Kier alpha value is -1.70. The molecule has 0 aliphatic heterocycles. The molecule has 0 saturated heterocycles. The van der Waals surface area contributed by atoms with Crippen molar-refractivity contribution in [2.45, 2.75) is 6.04 Å². The third-order valence-corrected chi connectivity index (χ3v) is 4.73. The van der Waals surface area contributed by atoms with Crippen LogP contribution in [0, 0.1) is 0 Å². The summed E-state index contributed by atoms with van der Waals surface area (Å²) in [5.41, 5.74) is 1.97. The SMILES string of the molecule is CN(C)C(CNc1ncnc2c1c(Br)nn2C)c1ccc(Cl)cc1. The smallest absolute Gasteiger partial charge is 0.164 e. The Labute approximate surface area is 154 Å². The standard InChI is InChI=1S/C16H18BrClN6/c1-23(2)12(10-4-6-11(18)7-5-10)8-19-15-13-14(17)22-24(3)16(13)21-9-20-15/h4-7,9,12H,8H2,1-3H3,(H,19,20,21). The van der Waals surface area contributed by atoms with Crippen LogP contribution < -0.4 is 5.32 Å². The Bertz CT molecular complexity index is 846. The van der Waals surface area contributed by atoms with Gasteiger partial charge in [0.05, 0.1) is 11.4 Å². The molecular weight excluding hydrogens is 392 g/mol. The number of benzene rings is 1. The number of fused-ring (bicyclic) bond motifs is 1. The van der Waals surface area contributed by atoms with Crippen LogP contribution >= 0.6 is 27.5 Å². The van der Waals surface area contributed by atoms with E-state index in [0.29, 0.717) is 6.54 Å². The van der Waals surface area contributed by atoms with Gasteiger partial charge in [0.25, 0.3) is 0 Å². The molecule has 3 aromatic rings. The molecule has 0 bridgehead atoms. The van der Waals surface area contributed by atoms with Crippen LogP contribution in [-0.4, -0.2) is 45.3 Å². The first-order valence-corrected chi connectivity index (χ1v) is 8.63. The van der Waals surface area contributed by atoms with E-state index < -0.39 is 0 Å². The lowest BCUT2D eigenvalue weighted by molar-refractivity contribution is 0.311. The molecule has 6 nitrogen and oxygen atoms in total. The second kappa shape index (κ2) is 7.04. The first-order chi connectivity index (χ1) is 11.5. The number of halogens is 2. The minimum absolute atomic E-state index is 0.183. The normalized spacial score (nSPS) is 12.8. The van der Waals surface area contributed by atoms with E-state index in [1.165, 1.54) is 5.56 Å². The fraction of sp³-hybridized carbons (Fsp3) is 0.312. The van der Waals surface area contributed by atoms with Gasteiger partial charge in [-0.25, -0.2) is 14.6 Å². The summed E-state index contributed by atoms with van der Waals surface area (Å²) in [4.78, 5) is 10.8. The third-order valence-electron chi connectivity index (χ3n) is 3.92. The minimum atomic E-state index is 0.183. The van der Waals surface area contributed by atoms with Crippen molar-refractivity contribution in [1.82, 2.24) is 24.6 Å². The van der Waals surface area contributed by atoms with Crippen molar-refractivity contribution in [1.29, 1.82) is 0 Å². The van der Waals surface area contributed by atoms with Crippen molar-refractivity contribution in [3.63, 3.8) is 0 Å². The van der Waals surface area contributed by atoms with Gasteiger partial charge in [-0.15, -0.1) is 0 Å². The summed E-state index contributed by atoms with van der Waals surface area (Å²) in [5, 5.41) is 9.39. The average Bonchev–Trinajstić information content (AvgIpc) is 2.84. The van der Waals surface area contributed by atoms with E-state index >= 15 is 0 Å². The van der Waals surface area contributed by atoms with Gasteiger partial charge in [0, 0.05) is 18.6 Å². The number of aryl methyl sites for hydroxylation is 1. The molecule has 1 aromatic carbocycles. The first kappa shape index (κ1) is 17.1. The number of aromatic nitrogens is 4. The molecule has 0 spiro atoms. The molecule has 2 aromatic heterocycles. The van der Waals surface area contributed by atoms with E-state index in [-0.39, 0.29) is 6.04 Å². The van der Waals surface area contributed by atoms with Crippen molar-refractivity contribution in [2.75, 3.05) is 26.0 Å². The summed E-state index contributed by atoms with van der Waals surface area (Å²) in [7, 11) is 5.97. The molecule has 0 aliphatic carbocycles. The summed E-state index contributed by atoms with van der Waals surface area (Å²) in [6, 6.07) is 8.10. The average molecular weight is 410 g/mol. The van der Waals surface area contributed by atoms with Crippen molar-refractivity contribution in [3.8, 4) is 0 Å². The molecular formula is C16H18BrClN6. The molecule has 0 saturated carbocycles. The van der Waals surface area contributed by atoms with Gasteiger partial charge in [0.15, 0.2) is 5.65 Å². The van der Waals surface area contributed by atoms with Gasteiger partial charge < -0.3 is 10.2 Å². The van der Waals surface area contributed by atoms with E-state index in [9.17, 15) is 0 Å². The summed E-state index contributed by atoms with van der Waals surface area (Å²) in [5.74, 6) is 0.765. The summed E-state index contributed by atoms with van der Waals surface area (Å²) >= 11 is 9.47. The van der Waals surface area contributed by atoms with Gasteiger partial charge in [0.2, 0.25) is 0 Å². The van der Waals surface area contributed by atoms with Crippen LogP contribution in [0.3, 0.4) is 0 Å². The second-order valence-electron chi connectivity index (χ2n) is 5.75. The van der Waals surface area contributed by atoms with Crippen molar-refractivity contribution < 1.29 is 0 Å². The predicted molar refractivity (Wildman–Crippen MR) is 100 cm³/mol. The van der Waals surface area contributed by atoms with Crippen LogP contribution in [0.25, 0.3) is 11.0 Å². The molecule has 2 heterocycles. The molecule has 24 heavy (non-hydrogen) atoms. The van der Waals surface area contributed by atoms with E-state index in [4.69, 9.17) is 11.6 Å². The highest BCUT2D eigenvalue weighted by atomic mass is 79.9. The van der Waals surface area contributed by atoms with Crippen LogP contribution in [0.4, 0.5) is 5.82 Å². The Morgan fingerprint density at radius 3 is 2.62 bits per heavy atom. The van der Waals surface area contributed by atoms with Gasteiger partial charge >= 0.3 is 0 Å². The van der Waals surface area contributed by atoms with E-state index in [1.807, 2.05) is 31.3 Å². The lowest BCUT2D eigenvalue weighted by atomic mass is 10.1. The third kappa shape index (κ3) is 3.38. The zero-order valence-electron chi connectivity index (χ0n) is 13.7. The molecule has 1 N–H and O–H groups in total. The number of nitrogens with zero attached hydrogens (tertiary/aromatic N) is 5. The van der Waals surface area contributed by atoms with E-state index in [1.54, 1.807) is 11.0 Å². The molecule has 0 amide bonds. The highest BCUT2D eigenvalue weighted by Gasteiger charge is 2.17. The fourth-order valence-electron chi connectivity index (χ4n) is 2.65. The van der Waals surface area contributed by atoms with E-state index in [2.05, 4.69) is 55.3 Å². The van der Waals surface area contributed by atoms with Gasteiger partial charge in [-0.2, -0.15) is 5.10 Å². The van der Waals surface area contributed by atoms with Crippen LogP contribution in [-0.2, 0) is 7.05 Å². The van der Waals surface area contributed by atoms with E-state index in [0.717, 1.165) is 26.5 Å². The van der Waals surface area contributed by atoms with Gasteiger partial charge in [-0.3, -0.25) is 0 Å². The summed E-state index contributed by atoms with van der Waals surface area (Å²) < 4.78 is 2.46. The van der Waals surface area contributed by atoms with Crippen LogP contribution in [0.1, 0.15) is 11.6 Å². The molecule has 1 atom stereocenters. The number of rotatable bonds is 5. The molecule has 0 radical (unpaired) electrons. The molecule has 3 rings (SSSR count). The molecule has 1 unspecified atom stereocenters. The number of nitrogens with one attached hydrogen (secondary N) is 1. The summed E-state index contributed by atoms with van der Waals surface area (Å²) in [6.45, 7) is 0.697. The van der Waals surface area contributed by atoms with Crippen molar-refractivity contribution in [3.05, 3.63) is 45.8 Å². The second-order valence-corrected chi connectivity index (χ2v) is 6.93. The maximum absolute atomic E-state index is 5.99. The number of hydrogen-bond donors (Lipinski definition) is 1. The topological polar surface area (TPSA) is 58.9 Å². The van der Waals surface area contributed by atoms with Crippen LogP contribution in [0.2, 0.25) is 5.02 Å². The quantitative estimate of drug-likeness (QED) is 0.699. The Morgan fingerprint density at radius 2 is 1.96 bits per heavy atom. The monoisotopic (exact) mass is 408 g/mol. The Morgan fingerprint density at radius 1 is 1.25 bits per heavy atom. The number of anilines is 1. The Balaban J connectivity index is 1.87. The maximum atomic E-state index is 5.99. The number of hydrogen-bond acceptors (Lipinski definition) is 5. The largest absolute Gasteiger partial charge is 0.367 e. The van der Waals surface area contributed by atoms with Crippen LogP contribution in [0.15, 0.2) is 35.2 Å². The Kier molecular flexibility index (Phi) is 5.03. The van der Waals surface area contributed by atoms with Crippen molar-refractivity contribution in [2.24, 2.45) is 7.05 Å². The lowest BCUT2D eigenvalue weighted by Gasteiger charge is -2.25. The van der Waals surface area contributed by atoms with Crippen LogP contribution in [0.5, 0.6) is 0 Å². The minimum Gasteiger partial charge on any atom is -0.367 e. The molecule has 0 aliphatic rings. The van der Waals surface area contributed by atoms with Crippen molar-refractivity contribution >= 4 is 44.4 Å². The van der Waals surface area contributed by atoms with Gasteiger partial charge in [-0.05, 0) is 47.7 Å². The molecule has 0 fully saturated rings. The predicted octanol–water partition coefficient (Wildman–Crippen LogP) is 3.49.